The maximum Gasteiger partial charge on any atom is 0.417 e. The summed E-state index contributed by atoms with van der Waals surface area (Å²) < 4.78 is 89.2. The Kier molecular flexibility index (Phi) is 6.84. The molecule has 4 rings (SSSR count). The first-order valence-electron chi connectivity index (χ1n) is 11.0. The van der Waals surface area contributed by atoms with Gasteiger partial charge in [0.1, 0.15) is 6.10 Å². The Bertz CT molecular complexity index is 966. The second kappa shape index (κ2) is 9.52. The fourth-order valence-corrected chi connectivity index (χ4v) is 4.33. The lowest BCUT2D eigenvalue weighted by molar-refractivity contribution is -0.143. The number of halogens is 6. The zero-order chi connectivity index (χ0) is 24.5. The van der Waals surface area contributed by atoms with Gasteiger partial charge in [-0.15, -0.1) is 5.06 Å². The Morgan fingerprint density at radius 3 is 2.12 bits per heavy atom. The lowest BCUT2D eigenvalue weighted by Gasteiger charge is -2.37. The van der Waals surface area contributed by atoms with E-state index in [9.17, 15) is 26.3 Å². The minimum Gasteiger partial charge on any atom is -0.490 e. The van der Waals surface area contributed by atoms with E-state index in [2.05, 4.69) is 4.98 Å². The van der Waals surface area contributed by atoms with Gasteiger partial charge in [0, 0.05) is 37.2 Å². The number of pyridine rings is 1. The molecule has 2 saturated heterocycles. The summed E-state index contributed by atoms with van der Waals surface area (Å²) in [6, 6.07) is 5.20. The standard InChI is InChI=1S/C23H24F6N2O3/c1-2-9-32-20-10-14(22(24,25)26)3-7-19(20)33-18-11-16-5-6-17(12-18)31(16)34-21-8-4-15(13-30-21)23(27,28)29/h3-4,7-8,10,13,16-18H,2,5-6,9,11-12H2,1H3. The van der Waals surface area contributed by atoms with Crippen LogP contribution in [0.2, 0.25) is 0 Å². The van der Waals surface area contributed by atoms with Crippen LogP contribution in [0.3, 0.4) is 0 Å². The minimum absolute atomic E-state index is 0.0525. The number of alkyl halides is 6. The van der Waals surface area contributed by atoms with Gasteiger partial charge in [0.25, 0.3) is 0 Å². The van der Waals surface area contributed by atoms with Gasteiger partial charge >= 0.3 is 12.4 Å². The first-order valence-corrected chi connectivity index (χ1v) is 11.0. The fraction of sp³-hybridized carbons (Fsp3) is 0.522. The summed E-state index contributed by atoms with van der Waals surface area (Å²) in [4.78, 5) is 9.56. The highest BCUT2D eigenvalue weighted by Crippen LogP contribution is 2.41. The van der Waals surface area contributed by atoms with Gasteiger partial charge < -0.3 is 14.3 Å². The molecule has 186 valence electrons. The number of fused-ring (bicyclic) bond motifs is 2. The molecule has 34 heavy (non-hydrogen) atoms. The number of ether oxygens (including phenoxy) is 2. The molecule has 1 aromatic heterocycles. The van der Waals surface area contributed by atoms with E-state index in [0.29, 0.717) is 19.3 Å². The van der Waals surface area contributed by atoms with Crippen molar-refractivity contribution in [1.82, 2.24) is 10.0 Å². The molecule has 0 N–H and O–H groups in total. The van der Waals surface area contributed by atoms with Crippen molar-refractivity contribution in [2.75, 3.05) is 6.61 Å². The predicted octanol–water partition coefficient (Wildman–Crippen LogP) is 6.28. The van der Waals surface area contributed by atoms with E-state index in [1.54, 1.807) is 5.06 Å². The number of benzene rings is 1. The molecular formula is C23H24F6N2O3. The van der Waals surface area contributed by atoms with Gasteiger partial charge in [-0.3, -0.25) is 0 Å². The minimum atomic E-state index is -4.49. The first-order chi connectivity index (χ1) is 16.0. The van der Waals surface area contributed by atoms with Gasteiger partial charge in [0.2, 0.25) is 5.88 Å². The zero-order valence-corrected chi connectivity index (χ0v) is 18.3. The van der Waals surface area contributed by atoms with Crippen molar-refractivity contribution < 1.29 is 40.7 Å². The molecule has 0 amide bonds. The Morgan fingerprint density at radius 1 is 0.912 bits per heavy atom. The fourth-order valence-electron chi connectivity index (χ4n) is 4.33. The molecule has 1 aromatic carbocycles. The summed E-state index contributed by atoms with van der Waals surface area (Å²) in [5.74, 6) is 0.378. The van der Waals surface area contributed by atoms with Crippen LogP contribution in [0.5, 0.6) is 17.4 Å². The summed E-state index contributed by atoms with van der Waals surface area (Å²) in [6.07, 6.45) is -5.16. The summed E-state index contributed by atoms with van der Waals surface area (Å²) in [7, 11) is 0. The number of nitrogens with zero attached hydrogens (tertiary/aromatic N) is 2. The normalized spacial score (nSPS) is 23.1. The Labute approximate surface area is 192 Å². The van der Waals surface area contributed by atoms with Crippen molar-refractivity contribution in [1.29, 1.82) is 0 Å². The molecule has 0 aliphatic carbocycles. The zero-order valence-electron chi connectivity index (χ0n) is 18.3. The molecule has 2 atom stereocenters. The van der Waals surface area contributed by atoms with E-state index in [0.717, 1.165) is 37.2 Å². The molecule has 0 spiro atoms. The van der Waals surface area contributed by atoms with E-state index in [1.807, 2.05) is 6.92 Å². The van der Waals surface area contributed by atoms with Gasteiger partial charge in [-0.25, -0.2) is 4.98 Å². The first kappa shape index (κ1) is 24.4. The van der Waals surface area contributed by atoms with Gasteiger partial charge in [-0.2, -0.15) is 26.3 Å². The van der Waals surface area contributed by atoms with E-state index in [-0.39, 0.29) is 42.2 Å². The van der Waals surface area contributed by atoms with Crippen LogP contribution >= 0.6 is 0 Å². The molecule has 3 heterocycles. The molecule has 0 radical (unpaired) electrons. The number of hydrogen-bond donors (Lipinski definition) is 0. The predicted molar refractivity (Wildman–Crippen MR) is 109 cm³/mol. The second-order valence-corrected chi connectivity index (χ2v) is 8.44. The Balaban J connectivity index is 1.42. The van der Waals surface area contributed by atoms with Crippen molar-refractivity contribution in [2.24, 2.45) is 0 Å². The molecule has 2 aliphatic heterocycles. The average Bonchev–Trinajstić information content (AvgIpc) is 2.99. The molecule has 2 aliphatic rings. The van der Waals surface area contributed by atoms with Crippen LogP contribution in [0.1, 0.15) is 50.2 Å². The molecule has 5 nitrogen and oxygen atoms in total. The monoisotopic (exact) mass is 490 g/mol. The average molecular weight is 490 g/mol. The molecule has 11 heteroatoms. The van der Waals surface area contributed by atoms with Crippen molar-refractivity contribution >= 4 is 0 Å². The van der Waals surface area contributed by atoms with Crippen molar-refractivity contribution in [3.63, 3.8) is 0 Å². The van der Waals surface area contributed by atoms with Crippen LogP contribution in [0.15, 0.2) is 36.5 Å². The highest BCUT2D eigenvalue weighted by atomic mass is 19.4. The molecule has 2 bridgehead atoms. The number of hydroxylamine groups is 2. The van der Waals surface area contributed by atoms with Crippen molar-refractivity contribution in [2.45, 2.75) is 69.6 Å². The van der Waals surface area contributed by atoms with Gasteiger partial charge in [0.15, 0.2) is 11.5 Å². The van der Waals surface area contributed by atoms with Crippen LogP contribution < -0.4 is 14.3 Å². The molecule has 2 aromatic rings. The number of rotatable bonds is 7. The number of piperidine rings is 1. The quantitative estimate of drug-likeness (QED) is 0.428. The highest BCUT2D eigenvalue weighted by Gasteiger charge is 2.44. The summed E-state index contributed by atoms with van der Waals surface area (Å²) in [5, 5.41) is 1.75. The van der Waals surface area contributed by atoms with Crippen molar-refractivity contribution in [3.05, 3.63) is 47.7 Å². The lowest BCUT2D eigenvalue weighted by atomic mass is 10.0. The number of aromatic nitrogens is 1. The number of hydrogen-bond acceptors (Lipinski definition) is 5. The molecular weight excluding hydrogens is 466 g/mol. The molecule has 2 unspecified atom stereocenters. The third kappa shape index (κ3) is 5.51. The summed E-state index contributed by atoms with van der Waals surface area (Å²) in [5.41, 5.74) is -1.66. The Morgan fingerprint density at radius 2 is 1.56 bits per heavy atom. The van der Waals surface area contributed by atoms with E-state index in [4.69, 9.17) is 14.3 Å². The smallest absolute Gasteiger partial charge is 0.417 e. The van der Waals surface area contributed by atoms with Crippen molar-refractivity contribution in [3.8, 4) is 17.4 Å². The van der Waals surface area contributed by atoms with E-state index in [1.165, 1.54) is 12.1 Å². The van der Waals surface area contributed by atoms with E-state index >= 15 is 0 Å². The third-order valence-corrected chi connectivity index (χ3v) is 5.91. The lowest BCUT2D eigenvalue weighted by Crippen LogP contribution is -2.48. The maximum atomic E-state index is 13.1. The Hall–Kier alpha value is -2.69. The second-order valence-electron chi connectivity index (χ2n) is 8.44. The highest BCUT2D eigenvalue weighted by molar-refractivity contribution is 5.44. The van der Waals surface area contributed by atoms with Crippen LogP contribution in [0, 0.1) is 0 Å². The summed E-state index contributed by atoms with van der Waals surface area (Å²) >= 11 is 0. The molecule has 2 fully saturated rings. The van der Waals surface area contributed by atoms with Crippen LogP contribution in [-0.4, -0.2) is 34.8 Å². The largest absolute Gasteiger partial charge is 0.490 e. The van der Waals surface area contributed by atoms with Gasteiger partial charge in [-0.05, 0) is 43.5 Å². The topological polar surface area (TPSA) is 43.8 Å². The van der Waals surface area contributed by atoms with Gasteiger partial charge in [-0.1, -0.05) is 6.92 Å². The SMILES string of the molecule is CCCOc1cc(C(F)(F)F)ccc1OC1CC2CCC(C1)N2Oc1ccc(C(F)(F)F)cn1. The van der Waals surface area contributed by atoms with Gasteiger partial charge in [0.05, 0.1) is 17.7 Å². The van der Waals surface area contributed by atoms with Crippen LogP contribution in [0.25, 0.3) is 0 Å². The molecule has 0 saturated carbocycles. The maximum absolute atomic E-state index is 13.1. The van der Waals surface area contributed by atoms with Crippen LogP contribution in [0.4, 0.5) is 26.3 Å². The summed E-state index contributed by atoms with van der Waals surface area (Å²) in [6.45, 7) is 2.11. The van der Waals surface area contributed by atoms with Crippen LogP contribution in [-0.2, 0) is 12.4 Å². The van der Waals surface area contributed by atoms with E-state index < -0.39 is 23.5 Å². The third-order valence-electron chi connectivity index (χ3n) is 5.91.